The largest absolute Gasteiger partial charge is 0.328 e. The Kier molecular flexibility index (Phi) is 5.08. The number of halogens is 2. The van der Waals surface area contributed by atoms with Gasteiger partial charge in [0.05, 0.1) is 4.92 Å². The van der Waals surface area contributed by atoms with Gasteiger partial charge < -0.3 is 0 Å². The molecule has 0 fully saturated rings. The predicted octanol–water partition coefficient (Wildman–Crippen LogP) is 4.59. The van der Waals surface area contributed by atoms with Crippen molar-refractivity contribution in [1.82, 2.24) is 0 Å². The van der Waals surface area contributed by atoms with Crippen molar-refractivity contribution < 1.29 is 9.72 Å². The van der Waals surface area contributed by atoms with Crippen LogP contribution in [0.4, 0.5) is 21.9 Å². The Morgan fingerprint density at radius 1 is 0.957 bits per heavy atom. The average molecular weight is 354 g/mol. The van der Waals surface area contributed by atoms with Gasteiger partial charge >= 0.3 is 6.03 Å². The molecule has 0 radical (unpaired) electrons. The SMILES string of the molecule is CN(C(=O)N(C)c1cc(Cl)cc(Cl)c1)c1ccc([N+](=O)[O-])cc1. The molecule has 0 heterocycles. The number of amides is 2. The van der Waals surface area contributed by atoms with Gasteiger partial charge in [-0.2, -0.15) is 0 Å². The summed E-state index contributed by atoms with van der Waals surface area (Å²) in [4.78, 5) is 25.4. The fourth-order valence-electron chi connectivity index (χ4n) is 1.98. The first-order valence-electron chi connectivity index (χ1n) is 6.51. The van der Waals surface area contributed by atoms with Crippen LogP contribution in [-0.4, -0.2) is 25.0 Å². The van der Waals surface area contributed by atoms with Crippen LogP contribution in [0.5, 0.6) is 0 Å². The third-order valence-electron chi connectivity index (χ3n) is 3.26. The third kappa shape index (κ3) is 3.91. The van der Waals surface area contributed by atoms with Gasteiger partial charge in [0.15, 0.2) is 0 Å². The summed E-state index contributed by atoms with van der Waals surface area (Å²) in [5.41, 5.74) is 1.03. The minimum atomic E-state index is -0.494. The fraction of sp³-hybridized carbons (Fsp3) is 0.133. The second kappa shape index (κ2) is 6.85. The molecule has 2 amide bonds. The third-order valence-corrected chi connectivity index (χ3v) is 3.69. The minimum absolute atomic E-state index is 0.0374. The highest BCUT2D eigenvalue weighted by atomic mass is 35.5. The van der Waals surface area contributed by atoms with Crippen molar-refractivity contribution in [3.63, 3.8) is 0 Å². The van der Waals surface area contributed by atoms with E-state index >= 15 is 0 Å². The monoisotopic (exact) mass is 353 g/mol. The molecule has 0 spiro atoms. The number of anilines is 2. The van der Waals surface area contributed by atoms with Crippen LogP contribution in [0, 0.1) is 10.1 Å². The number of hydrogen-bond acceptors (Lipinski definition) is 3. The van der Waals surface area contributed by atoms with Crippen LogP contribution in [0.25, 0.3) is 0 Å². The highest BCUT2D eigenvalue weighted by Crippen LogP contribution is 2.26. The van der Waals surface area contributed by atoms with Gasteiger partial charge in [0, 0.05) is 47.6 Å². The van der Waals surface area contributed by atoms with Crippen LogP contribution in [0.3, 0.4) is 0 Å². The van der Waals surface area contributed by atoms with Gasteiger partial charge in [0.2, 0.25) is 0 Å². The van der Waals surface area contributed by atoms with Crippen LogP contribution >= 0.6 is 23.2 Å². The van der Waals surface area contributed by atoms with Crippen LogP contribution in [-0.2, 0) is 0 Å². The Bertz CT molecular complexity index is 730. The Labute approximate surface area is 143 Å². The fourth-order valence-corrected chi connectivity index (χ4v) is 2.49. The Morgan fingerprint density at radius 2 is 1.43 bits per heavy atom. The van der Waals surface area contributed by atoms with Crippen LogP contribution in [0.1, 0.15) is 0 Å². The number of nitro benzene ring substituents is 1. The summed E-state index contributed by atoms with van der Waals surface area (Å²) in [6, 6.07) is 10.2. The van der Waals surface area contributed by atoms with E-state index in [0.717, 1.165) is 0 Å². The van der Waals surface area contributed by atoms with Gasteiger partial charge in [0.25, 0.3) is 5.69 Å². The molecule has 0 aliphatic rings. The molecule has 0 aliphatic heterocycles. The summed E-state index contributed by atoms with van der Waals surface area (Å²) in [7, 11) is 3.17. The molecule has 0 N–H and O–H groups in total. The van der Waals surface area contributed by atoms with Gasteiger partial charge in [0.1, 0.15) is 0 Å². The lowest BCUT2D eigenvalue weighted by Gasteiger charge is -2.25. The maximum absolute atomic E-state index is 12.5. The number of non-ortho nitro benzene ring substituents is 1. The molecule has 0 saturated carbocycles. The number of urea groups is 1. The van der Waals surface area contributed by atoms with E-state index in [2.05, 4.69) is 0 Å². The molecule has 2 aromatic rings. The first-order chi connectivity index (χ1) is 10.8. The standard InChI is InChI=1S/C15H13Cl2N3O3/c1-18(12-3-5-13(6-4-12)20(22)23)15(21)19(2)14-8-10(16)7-11(17)9-14/h3-9H,1-2H3. The second-order valence-electron chi connectivity index (χ2n) is 4.80. The molecule has 6 nitrogen and oxygen atoms in total. The summed E-state index contributed by atoms with van der Waals surface area (Å²) in [5.74, 6) is 0. The van der Waals surface area contributed by atoms with E-state index in [1.807, 2.05) is 0 Å². The van der Waals surface area contributed by atoms with Gasteiger partial charge in [-0.3, -0.25) is 19.9 Å². The predicted molar refractivity (Wildman–Crippen MR) is 91.8 cm³/mol. The van der Waals surface area contributed by atoms with Crippen LogP contribution in [0.2, 0.25) is 10.0 Å². The van der Waals surface area contributed by atoms with E-state index in [9.17, 15) is 14.9 Å². The Hall–Kier alpha value is -2.31. The second-order valence-corrected chi connectivity index (χ2v) is 5.67. The number of hydrogen-bond donors (Lipinski definition) is 0. The first kappa shape index (κ1) is 17.1. The maximum Gasteiger partial charge on any atom is 0.328 e. The van der Waals surface area contributed by atoms with Gasteiger partial charge in [-0.15, -0.1) is 0 Å². The van der Waals surface area contributed by atoms with Gasteiger partial charge in [-0.05, 0) is 30.3 Å². The molecule has 0 aliphatic carbocycles. The summed E-state index contributed by atoms with van der Waals surface area (Å²) < 4.78 is 0. The van der Waals surface area contributed by atoms with Crippen molar-refractivity contribution in [3.05, 3.63) is 62.6 Å². The van der Waals surface area contributed by atoms with Crippen molar-refractivity contribution in [2.24, 2.45) is 0 Å². The molecular weight excluding hydrogens is 341 g/mol. The van der Waals surface area contributed by atoms with Gasteiger partial charge in [-0.1, -0.05) is 23.2 Å². The molecule has 23 heavy (non-hydrogen) atoms. The molecule has 120 valence electrons. The van der Waals surface area contributed by atoms with E-state index in [1.165, 1.54) is 34.1 Å². The van der Waals surface area contributed by atoms with Crippen molar-refractivity contribution in [3.8, 4) is 0 Å². The van der Waals surface area contributed by atoms with E-state index in [1.54, 1.807) is 32.3 Å². The van der Waals surface area contributed by atoms with Gasteiger partial charge in [-0.25, -0.2) is 4.79 Å². The summed E-state index contributed by atoms with van der Waals surface area (Å²) in [6.45, 7) is 0. The molecule has 0 unspecified atom stereocenters. The van der Waals surface area contributed by atoms with E-state index in [0.29, 0.717) is 21.4 Å². The highest BCUT2D eigenvalue weighted by Gasteiger charge is 2.18. The van der Waals surface area contributed by atoms with E-state index in [4.69, 9.17) is 23.2 Å². The number of nitrogens with zero attached hydrogens (tertiary/aromatic N) is 3. The Morgan fingerprint density at radius 3 is 1.91 bits per heavy atom. The lowest BCUT2D eigenvalue weighted by molar-refractivity contribution is -0.384. The molecule has 0 atom stereocenters. The molecule has 8 heteroatoms. The molecule has 0 saturated heterocycles. The first-order valence-corrected chi connectivity index (χ1v) is 7.27. The van der Waals surface area contributed by atoms with Crippen molar-refractivity contribution in [2.75, 3.05) is 23.9 Å². The van der Waals surface area contributed by atoms with Crippen molar-refractivity contribution >= 4 is 46.3 Å². The zero-order valence-electron chi connectivity index (χ0n) is 12.4. The topological polar surface area (TPSA) is 66.7 Å². The lowest BCUT2D eigenvalue weighted by atomic mass is 10.2. The number of rotatable bonds is 3. The number of nitro groups is 1. The molecule has 2 aromatic carbocycles. The number of carbonyl (C=O) groups is 1. The van der Waals surface area contributed by atoms with Crippen molar-refractivity contribution in [1.29, 1.82) is 0 Å². The molecule has 2 rings (SSSR count). The van der Waals surface area contributed by atoms with E-state index < -0.39 is 4.92 Å². The molecular formula is C15H13Cl2N3O3. The quantitative estimate of drug-likeness (QED) is 0.598. The summed E-state index contributed by atoms with van der Waals surface area (Å²) >= 11 is 11.9. The minimum Gasteiger partial charge on any atom is -0.297 e. The lowest BCUT2D eigenvalue weighted by Crippen LogP contribution is -2.38. The zero-order chi connectivity index (χ0) is 17.1. The summed E-state index contributed by atoms with van der Waals surface area (Å²) in [6.07, 6.45) is 0. The number of carbonyl (C=O) groups excluding carboxylic acids is 1. The Balaban J connectivity index is 2.22. The van der Waals surface area contributed by atoms with Crippen LogP contribution in [0.15, 0.2) is 42.5 Å². The normalized spacial score (nSPS) is 10.3. The van der Waals surface area contributed by atoms with Crippen molar-refractivity contribution in [2.45, 2.75) is 0 Å². The van der Waals surface area contributed by atoms with Crippen LogP contribution < -0.4 is 9.80 Å². The molecule has 0 aromatic heterocycles. The average Bonchev–Trinajstić information content (AvgIpc) is 2.52. The zero-order valence-corrected chi connectivity index (χ0v) is 13.9. The smallest absolute Gasteiger partial charge is 0.297 e. The molecule has 0 bridgehead atoms. The maximum atomic E-state index is 12.5. The summed E-state index contributed by atoms with van der Waals surface area (Å²) in [5, 5.41) is 11.5. The highest BCUT2D eigenvalue weighted by molar-refractivity contribution is 6.35. The van der Waals surface area contributed by atoms with E-state index in [-0.39, 0.29) is 11.7 Å². The number of benzene rings is 2.